The normalized spacial score (nSPS) is 21.3. The summed E-state index contributed by atoms with van der Waals surface area (Å²) in [6.45, 7) is 0. The van der Waals surface area contributed by atoms with Gasteiger partial charge in [0.1, 0.15) is 5.41 Å². The molecule has 6 heteroatoms. The molecule has 4 nitrogen and oxygen atoms in total. The second-order valence-corrected chi connectivity index (χ2v) is 4.71. The third kappa shape index (κ3) is 1.73. The highest BCUT2D eigenvalue weighted by Gasteiger charge is 2.47. The SMILES string of the molecule is N#CC1(C(=O)c2ccc3c(c2)OC(F)(F)O3)CCC1. The topological polar surface area (TPSA) is 59.3 Å². The first kappa shape index (κ1) is 11.9. The predicted octanol–water partition coefficient (Wildman–Crippen LogP) is 2.88. The number of nitriles is 1. The highest BCUT2D eigenvalue weighted by Crippen LogP contribution is 2.45. The molecule has 1 aromatic rings. The maximum atomic E-state index is 12.9. The first-order valence-electron chi connectivity index (χ1n) is 5.82. The largest absolute Gasteiger partial charge is 0.586 e. The number of benzene rings is 1. The van der Waals surface area contributed by atoms with E-state index in [2.05, 4.69) is 9.47 Å². The average Bonchev–Trinajstić information content (AvgIpc) is 2.60. The lowest BCUT2D eigenvalue weighted by Crippen LogP contribution is -2.36. The minimum atomic E-state index is -3.70. The molecule has 0 spiro atoms. The quantitative estimate of drug-likeness (QED) is 0.771. The lowest BCUT2D eigenvalue weighted by Gasteiger charge is -2.33. The third-order valence-electron chi connectivity index (χ3n) is 3.52. The molecule has 0 unspecified atom stereocenters. The summed E-state index contributed by atoms with van der Waals surface area (Å²) in [5.41, 5.74) is -0.808. The average molecular weight is 265 g/mol. The molecule has 1 heterocycles. The van der Waals surface area contributed by atoms with Crippen molar-refractivity contribution in [3.8, 4) is 17.6 Å². The van der Waals surface area contributed by atoms with Gasteiger partial charge in [0.05, 0.1) is 6.07 Å². The van der Waals surface area contributed by atoms with Crippen molar-refractivity contribution < 1.29 is 23.0 Å². The van der Waals surface area contributed by atoms with E-state index in [4.69, 9.17) is 5.26 Å². The first-order chi connectivity index (χ1) is 8.96. The second kappa shape index (κ2) is 3.67. The third-order valence-corrected chi connectivity index (χ3v) is 3.52. The molecular formula is C13H9F2NO3. The van der Waals surface area contributed by atoms with Crippen LogP contribution in [-0.4, -0.2) is 12.1 Å². The highest BCUT2D eigenvalue weighted by atomic mass is 19.3. The van der Waals surface area contributed by atoms with Crippen LogP contribution in [0.5, 0.6) is 11.5 Å². The van der Waals surface area contributed by atoms with Gasteiger partial charge in [-0.05, 0) is 37.5 Å². The molecule has 1 aromatic carbocycles. The summed E-state index contributed by atoms with van der Waals surface area (Å²) in [6, 6.07) is 5.87. The molecule has 98 valence electrons. The smallest absolute Gasteiger partial charge is 0.395 e. The molecule has 0 N–H and O–H groups in total. The van der Waals surface area contributed by atoms with Gasteiger partial charge >= 0.3 is 6.29 Å². The number of fused-ring (bicyclic) bond motifs is 1. The second-order valence-electron chi connectivity index (χ2n) is 4.71. The molecule has 0 atom stereocenters. The predicted molar refractivity (Wildman–Crippen MR) is 58.9 cm³/mol. The van der Waals surface area contributed by atoms with Crippen LogP contribution in [0.1, 0.15) is 29.6 Å². The van der Waals surface area contributed by atoms with Gasteiger partial charge in [0.15, 0.2) is 17.3 Å². The molecule has 0 amide bonds. The van der Waals surface area contributed by atoms with Crippen molar-refractivity contribution in [3.63, 3.8) is 0 Å². The van der Waals surface area contributed by atoms with Gasteiger partial charge in [0.25, 0.3) is 0 Å². The van der Waals surface area contributed by atoms with Gasteiger partial charge in [-0.1, -0.05) is 0 Å². The molecule has 2 aliphatic rings. The standard InChI is InChI=1S/C13H9F2NO3/c14-13(15)18-9-3-2-8(6-10(9)19-13)11(17)12(7-16)4-1-5-12/h2-3,6H,1,4-5H2. The highest BCUT2D eigenvalue weighted by molar-refractivity contribution is 6.03. The van der Waals surface area contributed by atoms with Crippen LogP contribution < -0.4 is 9.47 Å². The summed E-state index contributed by atoms with van der Waals surface area (Å²) in [4.78, 5) is 12.2. The van der Waals surface area contributed by atoms with Crippen molar-refractivity contribution in [2.75, 3.05) is 0 Å². The molecule has 3 rings (SSSR count). The molecule has 0 aromatic heterocycles. The number of hydrogen-bond acceptors (Lipinski definition) is 4. The van der Waals surface area contributed by atoms with Crippen molar-refractivity contribution in [2.45, 2.75) is 25.6 Å². The monoisotopic (exact) mass is 265 g/mol. The van der Waals surface area contributed by atoms with E-state index in [1.165, 1.54) is 18.2 Å². The molecule has 0 radical (unpaired) electrons. The van der Waals surface area contributed by atoms with E-state index in [1.807, 2.05) is 6.07 Å². The van der Waals surface area contributed by atoms with Gasteiger partial charge in [-0.15, -0.1) is 8.78 Å². The number of rotatable bonds is 2. The van der Waals surface area contributed by atoms with E-state index in [0.717, 1.165) is 6.42 Å². The summed E-state index contributed by atoms with van der Waals surface area (Å²) in [7, 11) is 0. The Morgan fingerprint density at radius 3 is 2.53 bits per heavy atom. The summed E-state index contributed by atoms with van der Waals surface area (Å²) in [6.07, 6.45) is -1.87. The zero-order valence-corrected chi connectivity index (χ0v) is 9.78. The van der Waals surface area contributed by atoms with E-state index in [-0.39, 0.29) is 22.8 Å². The lowest BCUT2D eigenvalue weighted by atomic mass is 9.65. The Labute approximate surface area is 107 Å². The Bertz CT molecular complexity index is 602. The Kier molecular flexibility index (Phi) is 2.30. The number of carbonyl (C=O) groups is 1. The van der Waals surface area contributed by atoms with Crippen LogP contribution in [0.3, 0.4) is 0 Å². The number of ketones is 1. The van der Waals surface area contributed by atoms with Gasteiger partial charge in [0, 0.05) is 5.56 Å². The van der Waals surface area contributed by atoms with Gasteiger partial charge in [-0.25, -0.2) is 0 Å². The van der Waals surface area contributed by atoms with E-state index in [9.17, 15) is 13.6 Å². The summed E-state index contributed by atoms with van der Waals surface area (Å²) in [5.74, 6) is -0.632. The number of carbonyl (C=O) groups excluding carboxylic acids is 1. The van der Waals surface area contributed by atoms with Crippen molar-refractivity contribution in [1.82, 2.24) is 0 Å². The van der Waals surface area contributed by atoms with E-state index >= 15 is 0 Å². The number of nitrogens with zero attached hydrogens (tertiary/aromatic N) is 1. The Balaban J connectivity index is 1.93. The van der Waals surface area contributed by atoms with Crippen molar-refractivity contribution in [2.24, 2.45) is 5.41 Å². The number of ether oxygens (including phenoxy) is 2. The van der Waals surface area contributed by atoms with Gasteiger partial charge in [-0.3, -0.25) is 4.79 Å². The summed E-state index contributed by atoms with van der Waals surface area (Å²) in [5, 5.41) is 9.10. The van der Waals surface area contributed by atoms with E-state index in [0.29, 0.717) is 12.8 Å². The maximum Gasteiger partial charge on any atom is 0.586 e. The molecule has 1 aliphatic heterocycles. The van der Waals surface area contributed by atoms with Crippen LogP contribution in [-0.2, 0) is 0 Å². The number of hydrogen-bond donors (Lipinski definition) is 0. The minimum absolute atomic E-state index is 0.110. The van der Waals surface area contributed by atoms with Crippen LogP contribution in [0.15, 0.2) is 18.2 Å². The van der Waals surface area contributed by atoms with Gasteiger partial charge < -0.3 is 9.47 Å². The first-order valence-corrected chi connectivity index (χ1v) is 5.82. The molecule has 1 aliphatic carbocycles. The molecule has 0 saturated heterocycles. The van der Waals surface area contributed by atoms with Crippen molar-refractivity contribution in [1.29, 1.82) is 5.26 Å². The number of halogens is 2. The maximum absolute atomic E-state index is 12.9. The van der Waals surface area contributed by atoms with Crippen LogP contribution in [0.25, 0.3) is 0 Å². The molecule has 1 saturated carbocycles. The van der Waals surface area contributed by atoms with Crippen LogP contribution in [0.2, 0.25) is 0 Å². The van der Waals surface area contributed by atoms with Crippen LogP contribution in [0, 0.1) is 16.7 Å². The van der Waals surface area contributed by atoms with Crippen molar-refractivity contribution >= 4 is 5.78 Å². The minimum Gasteiger partial charge on any atom is -0.395 e. The van der Waals surface area contributed by atoms with Crippen LogP contribution in [0.4, 0.5) is 8.78 Å². The van der Waals surface area contributed by atoms with Crippen molar-refractivity contribution in [3.05, 3.63) is 23.8 Å². The van der Waals surface area contributed by atoms with E-state index < -0.39 is 11.7 Å². The number of alkyl halides is 2. The van der Waals surface area contributed by atoms with Gasteiger partial charge in [0.2, 0.25) is 0 Å². The Morgan fingerprint density at radius 2 is 1.95 bits per heavy atom. The zero-order chi connectivity index (χ0) is 13.7. The van der Waals surface area contributed by atoms with Gasteiger partial charge in [-0.2, -0.15) is 5.26 Å². The molecular weight excluding hydrogens is 256 g/mol. The Morgan fingerprint density at radius 1 is 1.26 bits per heavy atom. The molecule has 19 heavy (non-hydrogen) atoms. The Hall–Kier alpha value is -2.16. The summed E-state index contributed by atoms with van der Waals surface area (Å²) >= 11 is 0. The van der Waals surface area contributed by atoms with E-state index in [1.54, 1.807) is 0 Å². The number of Topliss-reactive ketones (excluding diaryl/α,β-unsaturated/α-hetero) is 1. The fourth-order valence-corrected chi connectivity index (χ4v) is 2.29. The summed E-state index contributed by atoms with van der Waals surface area (Å²) < 4.78 is 34.3. The lowest BCUT2D eigenvalue weighted by molar-refractivity contribution is -0.286. The zero-order valence-electron chi connectivity index (χ0n) is 9.78. The fraction of sp³-hybridized carbons (Fsp3) is 0.385. The fourth-order valence-electron chi connectivity index (χ4n) is 2.29. The molecule has 1 fully saturated rings. The van der Waals surface area contributed by atoms with Crippen LogP contribution >= 0.6 is 0 Å². The molecule has 0 bridgehead atoms.